The lowest BCUT2D eigenvalue weighted by Crippen LogP contribution is -2.45. The monoisotopic (exact) mass is 236 g/mol. The fourth-order valence-corrected chi connectivity index (χ4v) is 2.63. The topological polar surface area (TPSA) is 39.7 Å². The molecule has 1 unspecified atom stereocenters. The van der Waals surface area contributed by atoms with Gasteiger partial charge in [0.25, 0.3) is 0 Å². The van der Waals surface area contributed by atoms with Gasteiger partial charge < -0.3 is 10.6 Å². The van der Waals surface area contributed by atoms with Gasteiger partial charge in [0, 0.05) is 38.8 Å². The molecule has 0 aromatic carbocycles. The molecule has 4 heteroatoms. The van der Waals surface area contributed by atoms with Crippen LogP contribution in [0, 0.1) is 5.92 Å². The zero-order valence-electron chi connectivity index (χ0n) is 10.8. The third kappa shape index (κ3) is 3.12. The van der Waals surface area contributed by atoms with E-state index in [0.717, 1.165) is 24.5 Å². The average Bonchev–Trinajstić information content (AvgIpc) is 3.25. The first-order valence-corrected chi connectivity index (χ1v) is 7.06. The van der Waals surface area contributed by atoms with Crippen LogP contribution in [0.4, 0.5) is 0 Å². The van der Waals surface area contributed by atoms with Crippen molar-refractivity contribution in [2.24, 2.45) is 10.9 Å². The van der Waals surface area contributed by atoms with Crippen molar-refractivity contribution in [1.29, 1.82) is 0 Å². The minimum atomic E-state index is 0.598. The van der Waals surface area contributed by atoms with Crippen molar-refractivity contribution in [2.75, 3.05) is 26.7 Å². The summed E-state index contributed by atoms with van der Waals surface area (Å²) in [6, 6.07) is 1.50. The molecule has 2 N–H and O–H groups in total. The summed E-state index contributed by atoms with van der Waals surface area (Å²) in [5.74, 6) is 1.90. The number of guanidine groups is 1. The fourth-order valence-electron chi connectivity index (χ4n) is 2.63. The van der Waals surface area contributed by atoms with Crippen molar-refractivity contribution in [3.63, 3.8) is 0 Å². The van der Waals surface area contributed by atoms with Gasteiger partial charge in [-0.05, 0) is 38.0 Å². The van der Waals surface area contributed by atoms with Crippen LogP contribution in [-0.2, 0) is 0 Å². The van der Waals surface area contributed by atoms with Gasteiger partial charge in [0.15, 0.2) is 5.96 Å². The zero-order valence-corrected chi connectivity index (χ0v) is 10.8. The Balaban J connectivity index is 1.41. The predicted octanol–water partition coefficient (Wildman–Crippen LogP) is 0.798. The van der Waals surface area contributed by atoms with Crippen molar-refractivity contribution in [2.45, 2.75) is 44.2 Å². The van der Waals surface area contributed by atoms with Crippen molar-refractivity contribution in [3.8, 4) is 0 Å². The van der Waals surface area contributed by atoms with Gasteiger partial charge in [-0.2, -0.15) is 0 Å². The number of hydrogen-bond donors (Lipinski definition) is 2. The molecule has 0 amide bonds. The third-order valence-corrected chi connectivity index (χ3v) is 4.10. The number of aliphatic imine (C=N–C) groups is 1. The Kier molecular flexibility index (Phi) is 3.23. The Morgan fingerprint density at radius 3 is 2.71 bits per heavy atom. The van der Waals surface area contributed by atoms with E-state index in [1.54, 1.807) is 0 Å². The molecule has 3 rings (SSSR count). The highest BCUT2D eigenvalue weighted by molar-refractivity contribution is 5.80. The molecule has 3 aliphatic rings. The molecule has 2 aliphatic carbocycles. The highest BCUT2D eigenvalue weighted by atomic mass is 15.3. The quantitative estimate of drug-likeness (QED) is 0.560. The van der Waals surface area contributed by atoms with Crippen LogP contribution in [0.15, 0.2) is 4.99 Å². The minimum absolute atomic E-state index is 0.598. The Morgan fingerprint density at radius 2 is 2.06 bits per heavy atom. The lowest BCUT2D eigenvalue weighted by atomic mass is 10.3. The Morgan fingerprint density at radius 1 is 1.24 bits per heavy atom. The normalized spacial score (nSPS) is 30.6. The van der Waals surface area contributed by atoms with Gasteiger partial charge in [-0.1, -0.05) is 0 Å². The highest BCUT2D eigenvalue weighted by Gasteiger charge is 2.34. The van der Waals surface area contributed by atoms with Crippen LogP contribution < -0.4 is 10.6 Å². The van der Waals surface area contributed by atoms with Gasteiger partial charge in [-0.25, -0.2) is 0 Å². The van der Waals surface area contributed by atoms with Crippen LogP contribution in [0.25, 0.3) is 0 Å². The SMILES string of the molecule is CN=C(NCC1CC1)NC1CCN(C2CC2)C1. The number of rotatable bonds is 4. The standard InChI is InChI=1S/C13H24N4/c1-14-13(15-8-10-2-3-10)16-11-6-7-17(9-11)12-4-5-12/h10-12H,2-9H2,1H3,(H2,14,15,16). The van der Waals surface area contributed by atoms with E-state index in [1.165, 1.54) is 45.2 Å². The molecule has 1 heterocycles. The largest absolute Gasteiger partial charge is 0.356 e. The summed E-state index contributed by atoms with van der Waals surface area (Å²) in [4.78, 5) is 6.94. The maximum absolute atomic E-state index is 4.31. The summed E-state index contributed by atoms with van der Waals surface area (Å²) in [7, 11) is 1.87. The maximum atomic E-state index is 4.31. The van der Waals surface area contributed by atoms with Crippen LogP contribution >= 0.6 is 0 Å². The van der Waals surface area contributed by atoms with Crippen LogP contribution in [-0.4, -0.2) is 49.6 Å². The molecule has 1 atom stereocenters. The van der Waals surface area contributed by atoms with Crippen LogP contribution in [0.3, 0.4) is 0 Å². The molecule has 17 heavy (non-hydrogen) atoms. The zero-order chi connectivity index (χ0) is 11.7. The first kappa shape index (κ1) is 11.3. The smallest absolute Gasteiger partial charge is 0.191 e. The van der Waals surface area contributed by atoms with E-state index in [4.69, 9.17) is 0 Å². The van der Waals surface area contributed by atoms with Gasteiger partial charge >= 0.3 is 0 Å². The molecule has 0 aromatic rings. The number of hydrogen-bond acceptors (Lipinski definition) is 2. The molecule has 2 saturated carbocycles. The molecule has 3 fully saturated rings. The molecular formula is C13H24N4. The molecule has 1 saturated heterocycles. The van der Waals surface area contributed by atoms with Gasteiger partial charge in [-0.15, -0.1) is 0 Å². The van der Waals surface area contributed by atoms with Gasteiger partial charge in [0.05, 0.1) is 0 Å². The first-order chi connectivity index (χ1) is 8.35. The third-order valence-electron chi connectivity index (χ3n) is 4.10. The Hall–Kier alpha value is -0.770. The predicted molar refractivity (Wildman–Crippen MR) is 70.2 cm³/mol. The summed E-state index contributed by atoms with van der Waals surface area (Å²) in [5, 5.41) is 7.00. The van der Waals surface area contributed by atoms with Crippen LogP contribution in [0.5, 0.6) is 0 Å². The Labute approximate surface area is 104 Å². The van der Waals surface area contributed by atoms with Crippen molar-refractivity contribution >= 4 is 5.96 Å². The molecule has 0 radical (unpaired) electrons. The molecule has 0 spiro atoms. The van der Waals surface area contributed by atoms with Crippen LogP contribution in [0.2, 0.25) is 0 Å². The molecule has 4 nitrogen and oxygen atoms in total. The first-order valence-electron chi connectivity index (χ1n) is 7.06. The second kappa shape index (κ2) is 4.84. The van der Waals surface area contributed by atoms with E-state index in [9.17, 15) is 0 Å². The van der Waals surface area contributed by atoms with Gasteiger partial charge in [0.2, 0.25) is 0 Å². The molecule has 0 aromatic heterocycles. The summed E-state index contributed by atoms with van der Waals surface area (Å²) in [6.07, 6.45) is 6.88. The number of nitrogens with one attached hydrogen (secondary N) is 2. The second-order valence-corrected chi connectivity index (χ2v) is 5.75. The number of likely N-dealkylation sites (tertiary alicyclic amines) is 1. The molecule has 0 bridgehead atoms. The van der Waals surface area contributed by atoms with E-state index in [1.807, 2.05) is 7.05 Å². The molecule has 96 valence electrons. The molecule has 1 aliphatic heterocycles. The lowest BCUT2D eigenvalue weighted by molar-refractivity contribution is 0.321. The second-order valence-electron chi connectivity index (χ2n) is 5.75. The minimum Gasteiger partial charge on any atom is -0.356 e. The maximum Gasteiger partial charge on any atom is 0.191 e. The fraction of sp³-hybridized carbons (Fsp3) is 0.923. The van der Waals surface area contributed by atoms with E-state index in [-0.39, 0.29) is 0 Å². The summed E-state index contributed by atoms with van der Waals surface area (Å²) < 4.78 is 0. The van der Waals surface area contributed by atoms with E-state index >= 15 is 0 Å². The number of nitrogens with zero attached hydrogens (tertiary/aromatic N) is 2. The Bertz CT molecular complexity index is 294. The van der Waals surface area contributed by atoms with E-state index < -0.39 is 0 Å². The van der Waals surface area contributed by atoms with E-state index in [0.29, 0.717) is 6.04 Å². The van der Waals surface area contributed by atoms with Crippen molar-refractivity contribution in [1.82, 2.24) is 15.5 Å². The van der Waals surface area contributed by atoms with Crippen molar-refractivity contribution in [3.05, 3.63) is 0 Å². The lowest BCUT2D eigenvalue weighted by Gasteiger charge is -2.18. The highest BCUT2D eigenvalue weighted by Crippen LogP contribution is 2.30. The van der Waals surface area contributed by atoms with E-state index in [2.05, 4.69) is 20.5 Å². The van der Waals surface area contributed by atoms with Gasteiger partial charge in [0.1, 0.15) is 0 Å². The summed E-state index contributed by atoms with van der Waals surface area (Å²) in [5.41, 5.74) is 0. The summed E-state index contributed by atoms with van der Waals surface area (Å²) in [6.45, 7) is 3.56. The average molecular weight is 236 g/mol. The molecular weight excluding hydrogens is 212 g/mol. The summed E-state index contributed by atoms with van der Waals surface area (Å²) >= 11 is 0. The van der Waals surface area contributed by atoms with Crippen LogP contribution in [0.1, 0.15) is 32.1 Å². The van der Waals surface area contributed by atoms with Gasteiger partial charge in [-0.3, -0.25) is 9.89 Å². The van der Waals surface area contributed by atoms with Crippen molar-refractivity contribution < 1.29 is 0 Å².